The summed E-state index contributed by atoms with van der Waals surface area (Å²) in [5, 5.41) is 0. The van der Waals surface area contributed by atoms with E-state index in [4.69, 9.17) is 0 Å². The highest BCUT2D eigenvalue weighted by Crippen LogP contribution is 2.40. The summed E-state index contributed by atoms with van der Waals surface area (Å²) in [4.78, 5) is 33.1. The number of pyridine rings is 2. The molecule has 4 rings (SSSR count). The number of H-pyrrole nitrogens is 1. The first-order valence-electron chi connectivity index (χ1n) is 11.4. The lowest BCUT2D eigenvalue weighted by atomic mass is 9.97. The van der Waals surface area contributed by atoms with Crippen LogP contribution in [-0.2, 0) is 16.2 Å². The fourth-order valence-corrected chi connectivity index (χ4v) is 5.77. The fraction of sp³-hybridized carbons (Fsp3) is 0.320. The molecule has 0 aliphatic carbocycles. The van der Waals surface area contributed by atoms with E-state index in [0.717, 1.165) is 18.6 Å². The maximum atomic E-state index is 13.7. The summed E-state index contributed by atoms with van der Waals surface area (Å²) in [5.41, 5.74) is -2.64. The van der Waals surface area contributed by atoms with E-state index in [9.17, 15) is 31.2 Å². The number of nitrogens with zero attached hydrogens (tertiary/aromatic N) is 2. The van der Waals surface area contributed by atoms with Crippen LogP contribution in [0.1, 0.15) is 43.1 Å². The minimum Gasteiger partial charge on any atom is -0.351 e. The van der Waals surface area contributed by atoms with Crippen LogP contribution >= 0.6 is 0 Å². The summed E-state index contributed by atoms with van der Waals surface area (Å²) < 4.78 is 68.6. The second-order valence-electron chi connectivity index (χ2n) is 9.64. The number of halogens is 3. The van der Waals surface area contributed by atoms with Gasteiger partial charge >= 0.3 is 6.18 Å². The molecule has 0 spiro atoms. The van der Waals surface area contributed by atoms with E-state index in [2.05, 4.69) is 9.97 Å². The first-order valence-corrected chi connectivity index (χ1v) is 12.9. The fourth-order valence-electron chi connectivity index (χ4n) is 4.74. The molecule has 1 saturated heterocycles. The third-order valence-corrected chi connectivity index (χ3v) is 7.61. The topological polar surface area (TPSA) is 112 Å². The van der Waals surface area contributed by atoms with Crippen LogP contribution in [0, 0.1) is 5.92 Å². The van der Waals surface area contributed by atoms with Gasteiger partial charge in [0.1, 0.15) is 5.82 Å². The van der Waals surface area contributed by atoms with Crippen LogP contribution in [-0.4, -0.2) is 36.4 Å². The van der Waals surface area contributed by atoms with E-state index >= 15 is 0 Å². The summed E-state index contributed by atoms with van der Waals surface area (Å²) in [6.07, 6.45) is -2.66. The Morgan fingerprint density at radius 1 is 1.14 bits per heavy atom. The Kier molecular flexibility index (Phi) is 6.65. The van der Waals surface area contributed by atoms with Crippen molar-refractivity contribution in [1.82, 2.24) is 14.7 Å². The van der Waals surface area contributed by atoms with Crippen molar-refractivity contribution in [3.63, 3.8) is 0 Å². The predicted molar refractivity (Wildman–Crippen MR) is 132 cm³/mol. The molecular formula is C25H25F3N4O4S. The molecule has 196 valence electrons. The number of benzene rings is 1. The monoisotopic (exact) mass is 534 g/mol. The highest BCUT2D eigenvalue weighted by molar-refractivity contribution is 7.90. The number of alkyl halides is 3. The average Bonchev–Trinajstić information content (AvgIpc) is 3.09. The Bertz CT molecular complexity index is 1520. The van der Waals surface area contributed by atoms with E-state index in [1.807, 2.05) is 25.5 Å². The second kappa shape index (κ2) is 9.33. The molecule has 0 unspecified atom stereocenters. The van der Waals surface area contributed by atoms with Gasteiger partial charge in [-0.3, -0.25) is 9.59 Å². The summed E-state index contributed by atoms with van der Waals surface area (Å²) in [5.74, 6) is -0.819. The molecule has 0 bridgehead atoms. The molecule has 2 aromatic heterocycles. The quantitative estimate of drug-likeness (QED) is 0.508. The van der Waals surface area contributed by atoms with Gasteiger partial charge in [0, 0.05) is 23.8 Å². The highest BCUT2D eigenvalue weighted by atomic mass is 32.2. The van der Waals surface area contributed by atoms with E-state index < -0.39 is 43.7 Å². The number of aromatic amines is 1. The van der Waals surface area contributed by atoms with Crippen LogP contribution in [0.2, 0.25) is 0 Å². The van der Waals surface area contributed by atoms with Crippen molar-refractivity contribution < 1.29 is 26.4 Å². The lowest BCUT2D eigenvalue weighted by Gasteiger charge is -2.34. The van der Waals surface area contributed by atoms with Crippen molar-refractivity contribution in [2.75, 3.05) is 11.4 Å². The first kappa shape index (κ1) is 26.4. The van der Waals surface area contributed by atoms with Crippen LogP contribution in [0.5, 0.6) is 0 Å². The average molecular weight is 535 g/mol. The van der Waals surface area contributed by atoms with Crippen LogP contribution in [0.15, 0.2) is 64.4 Å². The molecule has 2 N–H and O–H groups in total. The van der Waals surface area contributed by atoms with Crippen molar-refractivity contribution >= 4 is 21.7 Å². The lowest BCUT2D eigenvalue weighted by Crippen LogP contribution is -2.41. The minimum absolute atomic E-state index is 0.0165. The van der Waals surface area contributed by atoms with Gasteiger partial charge in [-0.25, -0.2) is 18.1 Å². The Hall–Kier alpha value is -3.67. The number of aromatic nitrogens is 2. The van der Waals surface area contributed by atoms with Crippen LogP contribution in [0.4, 0.5) is 19.0 Å². The first-order chi connectivity index (χ1) is 17.2. The summed E-state index contributed by atoms with van der Waals surface area (Å²) >= 11 is 0. The molecule has 1 aliphatic rings. The SMILES string of the molecule is C[C@@H]1CN(c2nc(-c3ccccc3C(F)(F)F)ccc2C(=O)NS(=O)(=O)c2ccc[nH]c2=O)C(C)(C)C1. The Labute approximate surface area is 211 Å². The number of carbonyl (C=O) groups excluding carboxylic acids is 1. The zero-order chi connectivity index (χ0) is 27.2. The Morgan fingerprint density at radius 3 is 2.46 bits per heavy atom. The molecule has 1 aliphatic heterocycles. The van der Waals surface area contributed by atoms with Gasteiger partial charge in [-0.05, 0) is 56.5 Å². The maximum Gasteiger partial charge on any atom is 0.417 e. The molecular weight excluding hydrogens is 509 g/mol. The van der Waals surface area contributed by atoms with Crippen LogP contribution < -0.4 is 15.2 Å². The van der Waals surface area contributed by atoms with Crippen molar-refractivity contribution in [2.45, 2.75) is 43.8 Å². The van der Waals surface area contributed by atoms with Crippen molar-refractivity contribution in [1.29, 1.82) is 0 Å². The van der Waals surface area contributed by atoms with Crippen molar-refractivity contribution in [3.05, 3.63) is 76.2 Å². The second-order valence-corrected chi connectivity index (χ2v) is 11.3. The summed E-state index contributed by atoms with van der Waals surface area (Å²) in [6, 6.07) is 9.82. The zero-order valence-corrected chi connectivity index (χ0v) is 21.1. The van der Waals surface area contributed by atoms with E-state index in [1.54, 1.807) is 4.90 Å². The van der Waals surface area contributed by atoms with Gasteiger partial charge in [0.05, 0.1) is 16.8 Å². The Morgan fingerprint density at radius 2 is 1.84 bits per heavy atom. The predicted octanol–water partition coefficient (Wildman–Crippen LogP) is 4.20. The van der Waals surface area contributed by atoms with Gasteiger partial charge < -0.3 is 9.88 Å². The minimum atomic E-state index is -4.63. The lowest BCUT2D eigenvalue weighted by molar-refractivity contribution is -0.137. The molecule has 37 heavy (non-hydrogen) atoms. The number of rotatable bonds is 5. The molecule has 12 heteroatoms. The van der Waals surface area contributed by atoms with Gasteiger partial charge in [-0.15, -0.1) is 0 Å². The van der Waals surface area contributed by atoms with Gasteiger partial charge in [0.2, 0.25) is 0 Å². The van der Waals surface area contributed by atoms with E-state index in [1.165, 1.54) is 42.6 Å². The smallest absolute Gasteiger partial charge is 0.351 e. The normalized spacial score (nSPS) is 17.6. The van der Waals surface area contributed by atoms with Crippen LogP contribution in [0.25, 0.3) is 11.3 Å². The number of hydrogen-bond donors (Lipinski definition) is 2. The van der Waals surface area contributed by atoms with E-state index in [-0.39, 0.29) is 28.6 Å². The molecule has 3 heterocycles. The zero-order valence-electron chi connectivity index (χ0n) is 20.3. The number of anilines is 1. The third kappa shape index (κ3) is 5.24. The van der Waals surface area contributed by atoms with Crippen molar-refractivity contribution in [2.24, 2.45) is 5.92 Å². The largest absolute Gasteiger partial charge is 0.417 e. The Balaban J connectivity index is 1.84. The van der Waals surface area contributed by atoms with Gasteiger partial charge in [-0.1, -0.05) is 25.1 Å². The van der Waals surface area contributed by atoms with Crippen molar-refractivity contribution in [3.8, 4) is 11.3 Å². The number of carbonyl (C=O) groups is 1. The summed E-state index contributed by atoms with van der Waals surface area (Å²) in [6.45, 7) is 6.28. The maximum absolute atomic E-state index is 13.7. The van der Waals surface area contributed by atoms with Gasteiger partial charge in [-0.2, -0.15) is 13.2 Å². The molecule has 8 nitrogen and oxygen atoms in total. The number of amides is 1. The van der Waals surface area contributed by atoms with E-state index in [0.29, 0.717) is 6.54 Å². The molecule has 1 atom stereocenters. The molecule has 0 saturated carbocycles. The van der Waals surface area contributed by atoms with Gasteiger partial charge in [0.25, 0.3) is 21.5 Å². The third-order valence-electron chi connectivity index (χ3n) is 6.26. The highest BCUT2D eigenvalue weighted by Gasteiger charge is 2.40. The number of sulfonamides is 1. The number of hydrogen-bond acceptors (Lipinski definition) is 6. The molecule has 3 aromatic rings. The molecule has 0 radical (unpaired) electrons. The van der Waals surface area contributed by atoms with Crippen LogP contribution in [0.3, 0.4) is 0 Å². The molecule has 1 amide bonds. The molecule has 1 aromatic carbocycles. The van der Waals surface area contributed by atoms with Gasteiger partial charge in [0.15, 0.2) is 4.90 Å². The number of nitrogens with one attached hydrogen (secondary N) is 2. The summed E-state index contributed by atoms with van der Waals surface area (Å²) in [7, 11) is -4.54. The standard InChI is InChI=1S/C25H25F3N4O4S/c1-15-13-24(2,3)32(14-15)21-17(22(33)31-37(35,36)20-9-6-12-29-23(20)34)10-11-19(30-21)16-7-4-5-8-18(16)25(26,27)28/h4-12,15H,13-14H2,1-3H3,(H,29,34)(H,31,33)/t15-/m0/s1. The molecule has 1 fully saturated rings.